The van der Waals surface area contributed by atoms with Crippen molar-refractivity contribution < 1.29 is 19.0 Å². The molecular formula is C16H21FO3. The fraction of sp³-hybridized carbons (Fsp3) is 0.500. The van der Waals surface area contributed by atoms with Gasteiger partial charge in [0.2, 0.25) is 0 Å². The van der Waals surface area contributed by atoms with Crippen molar-refractivity contribution in [1.82, 2.24) is 0 Å². The maximum absolute atomic E-state index is 14.6. The Morgan fingerprint density at radius 2 is 1.95 bits per heavy atom. The number of aliphatic hydroxyl groups excluding tert-OH is 1. The maximum atomic E-state index is 14.6. The van der Waals surface area contributed by atoms with Crippen LogP contribution in [0.5, 0.6) is 0 Å². The molecule has 0 radical (unpaired) electrons. The van der Waals surface area contributed by atoms with E-state index in [1.165, 1.54) is 12.5 Å². The van der Waals surface area contributed by atoms with E-state index in [-0.39, 0.29) is 0 Å². The Balaban J connectivity index is 2.19. The van der Waals surface area contributed by atoms with E-state index >= 15 is 0 Å². The molecule has 0 aromatic heterocycles. The first-order valence-corrected chi connectivity index (χ1v) is 7.06. The van der Waals surface area contributed by atoms with E-state index in [1.54, 1.807) is 25.1 Å². The first-order valence-electron chi connectivity index (χ1n) is 7.06. The van der Waals surface area contributed by atoms with Gasteiger partial charge in [0.1, 0.15) is 18.3 Å². The van der Waals surface area contributed by atoms with E-state index in [1.807, 2.05) is 0 Å². The lowest BCUT2D eigenvalue weighted by Gasteiger charge is -2.25. The van der Waals surface area contributed by atoms with Crippen LogP contribution in [0.15, 0.2) is 30.7 Å². The van der Waals surface area contributed by atoms with Crippen LogP contribution in [-0.2, 0) is 15.3 Å². The summed E-state index contributed by atoms with van der Waals surface area (Å²) in [6.07, 6.45) is 5.54. The van der Waals surface area contributed by atoms with Crippen molar-refractivity contribution in [3.8, 4) is 0 Å². The largest absolute Gasteiger partial charge is 0.453 e. The van der Waals surface area contributed by atoms with Crippen LogP contribution in [0.3, 0.4) is 0 Å². The molecule has 1 aliphatic heterocycles. The fourth-order valence-corrected chi connectivity index (χ4v) is 2.37. The molecular weight excluding hydrogens is 259 g/mol. The van der Waals surface area contributed by atoms with Crippen molar-refractivity contribution in [2.24, 2.45) is 0 Å². The van der Waals surface area contributed by atoms with Gasteiger partial charge in [-0.15, -0.1) is 0 Å². The number of hydrogen-bond donors (Lipinski definition) is 1. The molecule has 20 heavy (non-hydrogen) atoms. The molecule has 1 N–H and O–H groups in total. The lowest BCUT2D eigenvalue weighted by molar-refractivity contribution is -0.135. The summed E-state index contributed by atoms with van der Waals surface area (Å²) in [6, 6.07) is 4.94. The van der Waals surface area contributed by atoms with Gasteiger partial charge in [-0.1, -0.05) is 38.3 Å². The summed E-state index contributed by atoms with van der Waals surface area (Å²) in [5.41, 5.74) is 0.605. The second kappa shape index (κ2) is 6.27. The Morgan fingerprint density at radius 1 is 1.25 bits per heavy atom. The highest BCUT2D eigenvalue weighted by Crippen LogP contribution is 2.35. The molecule has 1 aromatic carbocycles. The molecule has 3 nitrogen and oxygen atoms in total. The Kier molecular flexibility index (Phi) is 4.65. The Bertz CT molecular complexity index is 477. The van der Waals surface area contributed by atoms with E-state index in [0.717, 1.165) is 19.3 Å². The van der Waals surface area contributed by atoms with Crippen molar-refractivity contribution in [2.45, 2.75) is 51.4 Å². The summed E-state index contributed by atoms with van der Waals surface area (Å²) in [5.74, 6) is -1.61. The molecule has 1 aromatic rings. The van der Waals surface area contributed by atoms with Crippen molar-refractivity contribution in [2.75, 3.05) is 0 Å². The summed E-state index contributed by atoms with van der Waals surface area (Å²) in [7, 11) is 0. The Hall–Kier alpha value is -1.55. The smallest absolute Gasteiger partial charge is 0.276 e. The molecule has 0 saturated carbocycles. The molecule has 1 unspecified atom stereocenters. The van der Waals surface area contributed by atoms with Crippen LogP contribution in [0, 0.1) is 5.82 Å². The number of benzene rings is 1. The molecule has 1 atom stereocenters. The number of aliphatic hydroxyl groups is 1. The van der Waals surface area contributed by atoms with Crippen LogP contribution in [-0.4, -0.2) is 5.11 Å². The highest BCUT2D eigenvalue weighted by atomic mass is 19.1. The van der Waals surface area contributed by atoms with E-state index in [9.17, 15) is 9.50 Å². The van der Waals surface area contributed by atoms with Gasteiger partial charge >= 0.3 is 0 Å². The van der Waals surface area contributed by atoms with Crippen LogP contribution in [0.25, 0.3) is 0 Å². The zero-order chi connectivity index (χ0) is 14.6. The molecule has 0 amide bonds. The van der Waals surface area contributed by atoms with E-state index in [2.05, 4.69) is 6.92 Å². The zero-order valence-electron chi connectivity index (χ0n) is 11.9. The van der Waals surface area contributed by atoms with E-state index < -0.39 is 17.7 Å². The average molecular weight is 280 g/mol. The predicted octanol–water partition coefficient (Wildman–Crippen LogP) is 4.13. The van der Waals surface area contributed by atoms with Gasteiger partial charge in [0.15, 0.2) is 0 Å². The number of unbranched alkanes of at least 4 members (excludes halogenated alkanes) is 2. The molecule has 110 valence electrons. The molecule has 4 heteroatoms. The lowest BCUT2D eigenvalue weighted by atomic mass is 9.97. The number of halogens is 1. The van der Waals surface area contributed by atoms with Crippen LogP contribution in [0.2, 0.25) is 0 Å². The second-order valence-electron chi connectivity index (χ2n) is 5.17. The first-order chi connectivity index (χ1) is 9.58. The van der Waals surface area contributed by atoms with Gasteiger partial charge in [-0.3, -0.25) is 0 Å². The minimum absolute atomic E-state index is 0.301. The van der Waals surface area contributed by atoms with E-state index in [0.29, 0.717) is 17.5 Å². The quantitative estimate of drug-likeness (QED) is 0.796. The van der Waals surface area contributed by atoms with Crippen LogP contribution in [0.1, 0.15) is 56.8 Å². The Morgan fingerprint density at radius 3 is 2.60 bits per heavy atom. The number of hydrogen-bond acceptors (Lipinski definition) is 3. The van der Waals surface area contributed by atoms with Crippen molar-refractivity contribution in [3.63, 3.8) is 0 Å². The number of ether oxygens (including phenoxy) is 2. The van der Waals surface area contributed by atoms with Gasteiger partial charge in [0.05, 0.1) is 11.7 Å². The van der Waals surface area contributed by atoms with Crippen molar-refractivity contribution >= 4 is 0 Å². The second-order valence-corrected chi connectivity index (χ2v) is 5.17. The number of rotatable bonds is 6. The average Bonchev–Trinajstić information content (AvgIpc) is 2.87. The summed E-state index contributed by atoms with van der Waals surface area (Å²) in [6.45, 7) is 3.74. The van der Waals surface area contributed by atoms with Gasteiger partial charge in [-0.05, 0) is 12.5 Å². The van der Waals surface area contributed by atoms with Crippen LogP contribution >= 0.6 is 0 Å². The topological polar surface area (TPSA) is 38.7 Å². The fourth-order valence-electron chi connectivity index (χ4n) is 2.37. The third-order valence-electron chi connectivity index (χ3n) is 3.60. The summed E-state index contributed by atoms with van der Waals surface area (Å²) >= 11 is 0. The predicted molar refractivity (Wildman–Crippen MR) is 74.2 cm³/mol. The monoisotopic (exact) mass is 280 g/mol. The van der Waals surface area contributed by atoms with E-state index in [4.69, 9.17) is 9.47 Å². The minimum atomic E-state index is -1.15. The van der Waals surface area contributed by atoms with Gasteiger partial charge < -0.3 is 14.6 Å². The SMILES string of the molecule is CCCCCC(O)c1cccc(C2(C)OC=CO2)c1F. The first kappa shape index (κ1) is 14.9. The van der Waals surface area contributed by atoms with Crippen LogP contribution < -0.4 is 0 Å². The highest BCUT2D eigenvalue weighted by molar-refractivity contribution is 5.31. The third kappa shape index (κ3) is 2.96. The standard InChI is InChI=1S/C16H21FO3/c1-3-4-5-9-14(18)12-7-6-8-13(15(12)17)16(2)19-10-11-20-16/h6-8,10-11,14,18H,3-5,9H2,1-2H3. The van der Waals surface area contributed by atoms with Gasteiger partial charge in [0.25, 0.3) is 5.79 Å². The normalized spacial score (nSPS) is 17.6. The molecule has 0 spiro atoms. The molecule has 1 aliphatic rings. The maximum Gasteiger partial charge on any atom is 0.276 e. The molecule has 0 saturated heterocycles. The molecule has 0 fully saturated rings. The zero-order valence-corrected chi connectivity index (χ0v) is 11.9. The Labute approximate surface area is 119 Å². The highest BCUT2D eigenvalue weighted by Gasteiger charge is 2.36. The summed E-state index contributed by atoms with van der Waals surface area (Å²) in [5, 5.41) is 10.1. The van der Waals surface area contributed by atoms with Crippen molar-refractivity contribution in [3.05, 3.63) is 47.7 Å². The molecule has 2 rings (SSSR count). The summed E-state index contributed by atoms with van der Waals surface area (Å²) in [4.78, 5) is 0. The van der Waals surface area contributed by atoms with Gasteiger partial charge in [-0.2, -0.15) is 0 Å². The molecule has 0 aliphatic carbocycles. The lowest BCUT2D eigenvalue weighted by Crippen LogP contribution is -2.24. The van der Waals surface area contributed by atoms with Gasteiger partial charge in [0, 0.05) is 12.5 Å². The molecule has 1 heterocycles. The van der Waals surface area contributed by atoms with Gasteiger partial charge in [-0.25, -0.2) is 4.39 Å². The van der Waals surface area contributed by atoms with Crippen molar-refractivity contribution in [1.29, 1.82) is 0 Å². The molecule has 0 bridgehead atoms. The minimum Gasteiger partial charge on any atom is -0.453 e. The third-order valence-corrected chi connectivity index (χ3v) is 3.60. The van der Waals surface area contributed by atoms with Crippen LogP contribution in [0.4, 0.5) is 4.39 Å². The summed E-state index contributed by atoms with van der Waals surface area (Å²) < 4.78 is 25.2.